The van der Waals surface area contributed by atoms with Crippen LogP contribution in [-0.2, 0) is 25.6 Å². The molecule has 0 heterocycles. The van der Waals surface area contributed by atoms with Crippen LogP contribution >= 0.6 is 11.8 Å². The van der Waals surface area contributed by atoms with E-state index in [1.54, 1.807) is 26.0 Å². The van der Waals surface area contributed by atoms with Crippen LogP contribution in [-0.4, -0.2) is 70.6 Å². The summed E-state index contributed by atoms with van der Waals surface area (Å²) in [7, 11) is 0. The van der Waals surface area contributed by atoms with Crippen molar-refractivity contribution in [2.24, 2.45) is 11.7 Å². The van der Waals surface area contributed by atoms with Crippen molar-refractivity contribution in [1.29, 1.82) is 0 Å². The first kappa shape index (κ1) is 27.2. The largest absolute Gasteiger partial charge is 0.508 e. The third-order valence-electron chi connectivity index (χ3n) is 4.69. The molecule has 0 bridgehead atoms. The predicted octanol–water partition coefficient (Wildman–Crippen LogP) is -0.158. The fraction of sp³-hybridized carbons (Fsp3) is 0.524. The monoisotopic (exact) mass is 468 g/mol. The third-order valence-corrected chi connectivity index (χ3v) is 5.33. The molecule has 1 rings (SSSR count). The van der Waals surface area contributed by atoms with Crippen LogP contribution in [0.1, 0.15) is 25.8 Å². The number of phenolic OH excluding ortho intramolecular Hbond substituents is 1. The van der Waals surface area contributed by atoms with E-state index in [1.807, 2.05) is 6.26 Å². The Bertz CT molecular complexity index is 787. The molecule has 32 heavy (non-hydrogen) atoms. The van der Waals surface area contributed by atoms with Crippen molar-refractivity contribution in [1.82, 2.24) is 16.0 Å². The summed E-state index contributed by atoms with van der Waals surface area (Å²) in [6, 6.07) is 2.96. The predicted molar refractivity (Wildman–Crippen MR) is 122 cm³/mol. The molecule has 10 nitrogen and oxygen atoms in total. The molecular weight excluding hydrogens is 436 g/mol. The SMILES string of the molecule is CSCCC(NC(=O)CN)C(=O)NC(Cc1ccc(O)cc1)C(=O)NC(C(=O)O)C(C)C. The zero-order chi connectivity index (χ0) is 24.3. The molecule has 7 N–H and O–H groups in total. The lowest BCUT2D eigenvalue weighted by Gasteiger charge is -2.25. The number of phenols is 1. The minimum atomic E-state index is -1.18. The molecule has 3 unspecified atom stereocenters. The maximum atomic E-state index is 12.9. The smallest absolute Gasteiger partial charge is 0.326 e. The number of aromatic hydroxyl groups is 1. The van der Waals surface area contributed by atoms with Crippen molar-refractivity contribution in [3.8, 4) is 5.75 Å². The number of thioether (sulfide) groups is 1. The third kappa shape index (κ3) is 9.15. The maximum absolute atomic E-state index is 12.9. The van der Waals surface area contributed by atoms with Crippen molar-refractivity contribution in [2.75, 3.05) is 18.6 Å². The molecule has 0 saturated heterocycles. The number of hydrogen-bond acceptors (Lipinski definition) is 7. The van der Waals surface area contributed by atoms with Crippen LogP contribution in [0, 0.1) is 5.92 Å². The van der Waals surface area contributed by atoms with Crippen LogP contribution in [0.4, 0.5) is 0 Å². The molecule has 1 aromatic rings. The number of carboxylic acids is 1. The summed E-state index contributed by atoms with van der Waals surface area (Å²) >= 11 is 1.50. The van der Waals surface area contributed by atoms with Gasteiger partial charge in [0, 0.05) is 6.42 Å². The molecule has 0 aliphatic heterocycles. The molecule has 0 saturated carbocycles. The van der Waals surface area contributed by atoms with E-state index in [0.717, 1.165) is 0 Å². The maximum Gasteiger partial charge on any atom is 0.326 e. The van der Waals surface area contributed by atoms with E-state index in [2.05, 4.69) is 16.0 Å². The van der Waals surface area contributed by atoms with Gasteiger partial charge in [-0.1, -0.05) is 26.0 Å². The average Bonchev–Trinajstić information content (AvgIpc) is 2.74. The van der Waals surface area contributed by atoms with Gasteiger partial charge >= 0.3 is 5.97 Å². The van der Waals surface area contributed by atoms with Crippen LogP contribution in [0.5, 0.6) is 5.75 Å². The van der Waals surface area contributed by atoms with E-state index in [4.69, 9.17) is 5.73 Å². The van der Waals surface area contributed by atoms with Gasteiger partial charge in [0.25, 0.3) is 0 Å². The molecule has 3 amide bonds. The summed E-state index contributed by atoms with van der Waals surface area (Å²) < 4.78 is 0. The van der Waals surface area contributed by atoms with E-state index in [-0.39, 0.29) is 24.6 Å². The Morgan fingerprint density at radius 1 is 1.00 bits per heavy atom. The summed E-state index contributed by atoms with van der Waals surface area (Å²) in [5.74, 6) is -2.66. The van der Waals surface area contributed by atoms with Crippen molar-refractivity contribution in [3.63, 3.8) is 0 Å². The van der Waals surface area contributed by atoms with Crippen molar-refractivity contribution in [3.05, 3.63) is 29.8 Å². The molecule has 0 aromatic heterocycles. The minimum absolute atomic E-state index is 0.0474. The van der Waals surface area contributed by atoms with E-state index >= 15 is 0 Å². The second-order valence-corrected chi connectivity index (χ2v) is 8.59. The minimum Gasteiger partial charge on any atom is -0.508 e. The molecule has 0 aliphatic rings. The van der Waals surface area contributed by atoms with E-state index < -0.39 is 41.8 Å². The summed E-state index contributed by atoms with van der Waals surface area (Å²) in [4.78, 5) is 49.1. The Kier molecular flexibility index (Phi) is 11.6. The molecule has 0 fully saturated rings. The summed E-state index contributed by atoms with van der Waals surface area (Å²) in [6.45, 7) is 3.04. The number of carbonyl (C=O) groups excluding carboxylic acids is 3. The standard InChI is InChI=1S/C21H32N4O6S/c1-12(2)18(21(30)31)25-20(29)16(10-13-4-6-14(26)7-5-13)24-19(28)15(8-9-32-3)23-17(27)11-22/h4-7,12,15-16,18,26H,8-11,22H2,1-3H3,(H,23,27)(H,24,28)(H,25,29)(H,30,31). The lowest BCUT2D eigenvalue weighted by Crippen LogP contribution is -2.57. The highest BCUT2D eigenvalue weighted by Crippen LogP contribution is 2.12. The number of nitrogens with two attached hydrogens (primary N) is 1. The van der Waals surface area contributed by atoms with E-state index in [1.165, 1.54) is 23.9 Å². The highest BCUT2D eigenvalue weighted by molar-refractivity contribution is 7.98. The zero-order valence-corrected chi connectivity index (χ0v) is 19.3. The summed E-state index contributed by atoms with van der Waals surface area (Å²) in [5.41, 5.74) is 5.98. The second kappa shape index (κ2) is 13.6. The Morgan fingerprint density at radius 2 is 1.59 bits per heavy atom. The number of benzene rings is 1. The average molecular weight is 469 g/mol. The van der Waals surface area contributed by atoms with Gasteiger partial charge in [-0.3, -0.25) is 14.4 Å². The molecule has 0 aliphatic carbocycles. The summed E-state index contributed by atoms with van der Waals surface area (Å²) in [5, 5.41) is 26.5. The van der Waals surface area contributed by atoms with Crippen LogP contribution in [0.25, 0.3) is 0 Å². The Hall–Kier alpha value is -2.79. The Labute approximate surface area is 191 Å². The first-order valence-electron chi connectivity index (χ1n) is 10.2. The fourth-order valence-corrected chi connectivity index (χ4v) is 3.35. The van der Waals surface area contributed by atoms with Crippen LogP contribution in [0.3, 0.4) is 0 Å². The number of carbonyl (C=O) groups is 4. The van der Waals surface area contributed by atoms with E-state index in [0.29, 0.717) is 17.7 Å². The van der Waals surface area contributed by atoms with Crippen LogP contribution < -0.4 is 21.7 Å². The zero-order valence-electron chi connectivity index (χ0n) is 18.5. The van der Waals surface area contributed by atoms with Crippen LogP contribution in [0.15, 0.2) is 24.3 Å². The number of nitrogens with one attached hydrogen (secondary N) is 3. The van der Waals surface area contributed by atoms with E-state index in [9.17, 15) is 29.4 Å². The Balaban J connectivity index is 3.09. The first-order chi connectivity index (χ1) is 15.1. The molecule has 178 valence electrons. The second-order valence-electron chi connectivity index (χ2n) is 7.61. The van der Waals surface area contributed by atoms with Crippen molar-refractivity contribution in [2.45, 2.75) is 44.8 Å². The van der Waals surface area contributed by atoms with Gasteiger partial charge < -0.3 is 31.9 Å². The molecule has 0 spiro atoms. The molecule has 1 aromatic carbocycles. The van der Waals surface area contributed by atoms with Crippen LogP contribution in [0.2, 0.25) is 0 Å². The van der Waals surface area contributed by atoms with Gasteiger partial charge in [0.1, 0.15) is 23.9 Å². The highest BCUT2D eigenvalue weighted by atomic mass is 32.2. The molecular formula is C21H32N4O6S. The summed E-state index contributed by atoms with van der Waals surface area (Å²) in [6.07, 6.45) is 2.25. The number of carboxylic acid groups (broad SMARTS) is 1. The number of rotatable bonds is 13. The van der Waals surface area contributed by atoms with Gasteiger partial charge in [0.05, 0.1) is 6.54 Å². The molecule has 3 atom stereocenters. The van der Waals surface area contributed by atoms with Gasteiger partial charge in [-0.15, -0.1) is 0 Å². The highest BCUT2D eigenvalue weighted by Gasteiger charge is 2.30. The number of aliphatic carboxylic acids is 1. The Morgan fingerprint density at radius 3 is 2.09 bits per heavy atom. The molecule has 11 heteroatoms. The normalized spacial score (nSPS) is 13.7. The topological polar surface area (TPSA) is 171 Å². The lowest BCUT2D eigenvalue weighted by atomic mass is 10.0. The van der Waals surface area contributed by atoms with Crippen molar-refractivity contribution >= 4 is 35.5 Å². The number of amides is 3. The van der Waals surface area contributed by atoms with Gasteiger partial charge in [0.2, 0.25) is 17.7 Å². The lowest BCUT2D eigenvalue weighted by molar-refractivity contribution is -0.143. The fourth-order valence-electron chi connectivity index (χ4n) is 2.87. The van der Waals surface area contributed by atoms with Gasteiger partial charge in [-0.05, 0) is 42.0 Å². The van der Waals surface area contributed by atoms with Gasteiger partial charge in [-0.25, -0.2) is 4.79 Å². The van der Waals surface area contributed by atoms with Crippen molar-refractivity contribution < 1.29 is 29.4 Å². The van der Waals surface area contributed by atoms with Gasteiger partial charge in [0.15, 0.2) is 0 Å². The first-order valence-corrected chi connectivity index (χ1v) is 11.6. The van der Waals surface area contributed by atoms with Gasteiger partial charge in [-0.2, -0.15) is 11.8 Å². The molecule has 0 radical (unpaired) electrons. The quantitative estimate of drug-likeness (QED) is 0.232. The number of hydrogen-bond donors (Lipinski definition) is 6.